The molecule has 1 aromatic heterocycles. The number of unbranched alkanes of at least 4 members (excludes halogenated alkanes) is 3. The van der Waals surface area contributed by atoms with Crippen molar-refractivity contribution in [2.24, 2.45) is 0 Å². The van der Waals surface area contributed by atoms with Crippen molar-refractivity contribution in [3.8, 4) is 5.75 Å². The number of hydrogen-bond acceptors (Lipinski definition) is 5. The molecule has 0 spiro atoms. The van der Waals surface area contributed by atoms with Gasteiger partial charge in [0.2, 0.25) is 0 Å². The summed E-state index contributed by atoms with van der Waals surface area (Å²) in [4.78, 5) is 15.8. The lowest BCUT2D eigenvalue weighted by atomic mass is 10.1. The summed E-state index contributed by atoms with van der Waals surface area (Å²) in [7, 11) is -3.93. The Hall–Kier alpha value is -2.41. The number of pyridine rings is 1. The van der Waals surface area contributed by atoms with Gasteiger partial charge in [-0.25, -0.2) is 8.42 Å². The van der Waals surface area contributed by atoms with Crippen LogP contribution in [0.4, 0.5) is 0 Å². The molecular formula is C22H29NO5S. The number of benzene rings is 1. The van der Waals surface area contributed by atoms with E-state index in [-0.39, 0.29) is 11.3 Å². The fraction of sp³-hybridized carbons (Fsp3) is 0.455. The van der Waals surface area contributed by atoms with Crippen LogP contribution < -0.4 is 4.74 Å². The first-order chi connectivity index (χ1) is 13.9. The molecule has 6 nitrogen and oxygen atoms in total. The van der Waals surface area contributed by atoms with Crippen molar-refractivity contribution >= 4 is 15.8 Å². The highest BCUT2D eigenvalue weighted by Crippen LogP contribution is 2.23. The molecule has 0 bridgehead atoms. The number of carbonyl (C=O) groups is 1. The van der Waals surface area contributed by atoms with E-state index in [4.69, 9.17) is 4.74 Å². The second-order valence-corrected chi connectivity index (χ2v) is 9.10. The fourth-order valence-electron chi connectivity index (χ4n) is 3.05. The van der Waals surface area contributed by atoms with Gasteiger partial charge >= 0.3 is 5.97 Å². The topological polar surface area (TPSA) is 93.6 Å². The third-order valence-corrected chi connectivity index (χ3v) is 6.81. The summed E-state index contributed by atoms with van der Waals surface area (Å²) in [5.74, 6) is -0.740. The van der Waals surface area contributed by atoms with Crippen LogP contribution in [0.5, 0.6) is 5.75 Å². The summed E-state index contributed by atoms with van der Waals surface area (Å²) in [5.41, 5.74) is 0.996. The van der Waals surface area contributed by atoms with Crippen molar-refractivity contribution < 1.29 is 23.1 Å². The number of carboxylic acids is 1. The Bertz CT molecular complexity index is 851. The van der Waals surface area contributed by atoms with E-state index in [2.05, 4.69) is 4.98 Å². The van der Waals surface area contributed by atoms with Crippen LogP contribution >= 0.6 is 0 Å². The zero-order valence-corrected chi connectivity index (χ0v) is 17.6. The minimum Gasteiger partial charge on any atom is -0.494 e. The van der Waals surface area contributed by atoms with E-state index in [1.165, 1.54) is 12.1 Å². The number of aliphatic carboxylic acids is 1. The summed E-state index contributed by atoms with van der Waals surface area (Å²) in [6, 6.07) is 11.8. The van der Waals surface area contributed by atoms with Gasteiger partial charge in [-0.3, -0.25) is 9.78 Å². The molecule has 0 aliphatic heterocycles. The smallest absolute Gasteiger partial charge is 0.322 e. The van der Waals surface area contributed by atoms with Crippen molar-refractivity contribution in [2.75, 3.05) is 6.61 Å². The standard InChI is InChI=1S/C22H29NO5S/c1-2-3-4-5-11-21(22(24)25)29(26,27)20-14-12-19(13-15-20)28-17-8-10-18-9-6-7-16-23-18/h6-7,9,12-16,21H,2-5,8,10-11,17H2,1H3,(H,24,25). The van der Waals surface area contributed by atoms with Gasteiger partial charge < -0.3 is 9.84 Å². The van der Waals surface area contributed by atoms with Gasteiger partial charge in [-0.2, -0.15) is 0 Å². The Balaban J connectivity index is 1.91. The van der Waals surface area contributed by atoms with Gasteiger partial charge in [0.05, 0.1) is 11.5 Å². The zero-order valence-electron chi connectivity index (χ0n) is 16.8. The van der Waals surface area contributed by atoms with Crippen LogP contribution in [0.1, 0.15) is 51.1 Å². The van der Waals surface area contributed by atoms with Crippen LogP contribution in [0.3, 0.4) is 0 Å². The van der Waals surface area contributed by atoms with Crippen LogP contribution in [0.15, 0.2) is 53.6 Å². The lowest BCUT2D eigenvalue weighted by Crippen LogP contribution is -2.30. The van der Waals surface area contributed by atoms with Crippen molar-refractivity contribution in [1.82, 2.24) is 4.98 Å². The molecule has 2 aromatic rings. The van der Waals surface area contributed by atoms with E-state index in [1.807, 2.05) is 25.1 Å². The molecule has 1 N–H and O–H groups in total. The summed E-state index contributed by atoms with van der Waals surface area (Å²) < 4.78 is 31.1. The number of hydrogen-bond donors (Lipinski definition) is 1. The van der Waals surface area contributed by atoms with Crippen LogP contribution in [0.25, 0.3) is 0 Å². The van der Waals surface area contributed by atoms with Crippen molar-refractivity contribution in [1.29, 1.82) is 0 Å². The SMILES string of the molecule is CCCCCCC(C(=O)O)S(=O)(=O)c1ccc(OCCCc2ccccn2)cc1. The minimum absolute atomic E-state index is 0.0150. The van der Waals surface area contributed by atoms with Gasteiger partial charge in [0.15, 0.2) is 15.1 Å². The molecular weight excluding hydrogens is 390 g/mol. The Morgan fingerprint density at radius 2 is 1.83 bits per heavy atom. The van der Waals surface area contributed by atoms with E-state index in [0.29, 0.717) is 18.8 Å². The largest absolute Gasteiger partial charge is 0.494 e. The molecule has 0 amide bonds. The second-order valence-electron chi connectivity index (χ2n) is 6.97. The lowest BCUT2D eigenvalue weighted by Gasteiger charge is -2.14. The first-order valence-electron chi connectivity index (χ1n) is 10.0. The number of sulfone groups is 1. The van der Waals surface area contributed by atoms with Gasteiger partial charge in [-0.05, 0) is 55.7 Å². The average molecular weight is 420 g/mol. The molecule has 2 rings (SSSR count). The highest BCUT2D eigenvalue weighted by Gasteiger charge is 2.33. The van der Waals surface area contributed by atoms with Gasteiger partial charge in [-0.1, -0.05) is 38.7 Å². The maximum absolute atomic E-state index is 12.7. The molecule has 0 saturated heterocycles. The van der Waals surface area contributed by atoms with Gasteiger partial charge in [0.1, 0.15) is 5.75 Å². The molecule has 0 fully saturated rings. The van der Waals surface area contributed by atoms with Crippen LogP contribution in [0, 0.1) is 0 Å². The molecule has 0 saturated carbocycles. The lowest BCUT2D eigenvalue weighted by molar-refractivity contribution is -0.136. The summed E-state index contributed by atoms with van der Waals surface area (Å²) in [5, 5.41) is 8.00. The second kappa shape index (κ2) is 11.6. The van der Waals surface area contributed by atoms with Gasteiger partial charge in [0, 0.05) is 11.9 Å². The molecule has 0 aliphatic carbocycles. The number of aromatic nitrogens is 1. The quantitative estimate of drug-likeness (QED) is 0.487. The highest BCUT2D eigenvalue weighted by atomic mass is 32.2. The zero-order chi connectivity index (χ0) is 21.1. The first kappa shape index (κ1) is 22.9. The molecule has 0 radical (unpaired) electrons. The molecule has 1 aromatic carbocycles. The summed E-state index contributed by atoms with van der Waals surface area (Å²) in [6.45, 7) is 2.53. The third-order valence-electron chi connectivity index (χ3n) is 4.69. The molecule has 158 valence electrons. The molecule has 1 atom stereocenters. The van der Waals surface area contributed by atoms with E-state index in [1.54, 1.807) is 18.3 Å². The maximum Gasteiger partial charge on any atom is 0.322 e. The van der Waals surface area contributed by atoms with Crippen molar-refractivity contribution in [3.05, 3.63) is 54.4 Å². The Labute approximate surface area is 172 Å². The van der Waals surface area contributed by atoms with Crippen molar-refractivity contribution in [3.63, 3.8) is 0 Å². The highest BCUT2D eigenvalue weighted by molar-refractivity contribution is 7.92. The number of ether oxygens (including phenoxy) is 1. The predicted octanol–water partition coefficient (Wildman–Crippen LogP) is 4.29. The van der Waals surface area contributed by atoms with Crippen LogP contribution in [-0.2, 0) is 21.1 Å². The average Bonchev–Trinajstić information content (AvgIpc) is 2.72. The fourth-order valence-corrected chi connectivity index (χ4v) is 4.63. The number of carboxylic acid groups (broad SMARTS) is 1. The molecule has 29 heavy (non-hydrogen) atoms. The molecule has 7 heteroatoms. The molecule has 1 heterocycles. The molecule has 1 unspecified atom stereocenters. The monoisotopic (exact) mass is 419 g/mol. The molecule has 0 aliphatic rings. The number of rotatable bonds is 13. The van der Waals surface area contributed by atoms with E-state index in [9.17, 15) is 18.3 Å². The third kappa shape index (κ3) is 7.16. The predicted molar refractivity (Wildman–Crippen MR) is 112 cm³/mol. The van der Waals surface area contributed by atoms with Crippen molar-refractivity contribution in [2.45, 2.75) is 62.0 Å². The normalized spacial score (nSPS) is 12.4. The van der Waals surface area contributed by atoms with Gasteiger partial charge in [-0.15, -0.1) is 0 Å². The minimum atomic E-state index is -3.93. The van der Waals surface area contributed by atoms with Gasteiger partial charge in [0.25, 0.3) is 0 Å². The first-order valence-corrected chi connectivity index (χ1v) is 11.6. The summed E-state index contributed by atoms with van der Waals surface area (Å²) >= 11 is 0. The number of nitrogens with zero attached hydrogens (tertiary/aromatic N) is 1. The van der Waals surface area contributed by atoms with E-state index >= 15 is 0 Å². The maximum atomic E-state index is 12.7. The van der Waals surface area contributed by atoms with E-state index < -0.39 is 21.1 Å². The van der Waals surface area contributed by atoms with Crippen LogP contribution in [0.2, 0.25) is 0 Å². The summed E-state index contributed by atoms with van der Waals surface area (Å²) in [6.07, 6.45) is 6.86. The van der Waals surface area contributed by atoms with Crippen LogP contribution in [-0.4, -0.2) is 36.3 Å². The Kier molecular flexibility index (Phi) is 9.12. The number of aryl methyl sites for hydroxylation is 1. The van der Waals surface area contributed by atoms with E-state index in [0.717, 1.165) is 37.8 Å². The Morgan fingerprint density at radius 3 is 2.45 bits per heavy atom. The Morgan fingerprint density at radius 1 is 1.07 bits per heavy atom.